The second-order valence-electron chi connectivity index (χ2n) is 5.84. The second-order valence-corrected chi connectivity index (χ2v) is 5.84. The summed E-state index contributed by atoms with van der Waals surface area (Å²) in [4.78, 5) is 15.1. The number of piperidine rings is 1. The Morgan fingerprint density at radius 2 is 1.86 bits per heavy atom. The highest BCUT2D eigenvalue weighted by Gasteiger charge is 2.27. The van der Waals surface area contributed by atoms with Crippen LogP contribution in [0.3, 0.4) is 0 Å². The topological polar surface area (TPSA) is 20.3 Å². The first-order chi connectivity index (χ1) is 10.3. The third-order valence-corrected chi connectivity index (χ3v) is 4.12. The molecule has 1 heterocycles. The Bertz CT molecular complexity index is 446. The van der Waals surface area contributed by atoms with E-state index in [0.717, 1.165) is 31.5 Å². The van der Waals surface area contributed by atoms with Crippen molar-refractivity contribution in [2.75, 3.05) is 13.1 Å². The lowest BCUT2D eigenvalue weighted by molar-refractivity contribution is -0.124. The SMILES string of the molecule is CCC/C=C/CC(=O)C(c1ccccc1)N1CCCCC1. The van der Waals surface area contributed by atoms with Gasteiger partial charge in [-0.3, -0.25) is 9.69 Å². The third kappa shape index (κ3) is 4.82. The number of allylic oxidation sites excluding steroid dienone is 2. The third-order valence-electron chi connectivity index (χ3n) is 4.12. The van der Waals surface area contributed by atoms with E-state index in [2.05, 4.69) is 30.0 Å². The molecule has 0 saturated carbocycles. The summed E-state index contributed by atoms with van der Waals surface area (Å²) < 4.78 is 0. The monoisotopic (exact) mass is 285 g/mol. The molecule has 2 rings (SSSR count). The van der Waals surface area contributed by atoms with Crippen LogP contribution in [-0.2, 0) is 4.79 Å². The van der Waals surface area contributed by atoms with Crippen LogP contribution in [0.5, 0.6) is 0 Å². The number of Topliss-reactive ketones (excluding diaryl/α,β-unsaturated/α-hetero) is 1. The molecule has 0 spiro atoms. The van der Waals surface area contributed by atoms with E-state index in [1.807, 2.05) is 24.3 Å². The molecule has 1 saturated heterocycles. The molecule has 1 aliphatic heterocycles. The van der Waals surface area contributed by atoms with Gasteiger partial charge in [-0.25, -0.2) is 0 Å². The summed E-state index contributed by atoms with van der Waals surface area (Å²) in [7, 11) is 0. The van der Waals surface area contributed by atoms with E-state index in [4.69, 9.17) is 0 Å². The number of carbonyl (C=O) groups is 1. The lowest BCUT2D eigenvalue weighted by Crippen LogP contribution is -2.37. The van der Waals surface area contributed by atoms with E-state index < -0.39 is 0 Å². The number of benzene rings is 1. The molecule has 0 aromatic heterocycles. The number of ketones is 1. The first-order valence-corrected chi connectivity index (χ1v) is 8.29. The summed E-state index contributed by atoms with van der Waals surface area (Å²) >= 11 is 0. The molecule has 0 amide bonds. The standard InChI is InChI=1S/C19H27NO/c1-2-3-4-9-14-18(21)19(17-12-7-5-8-13-17)20-15-10-6-11-16-20/h4-5,7-9,12-13,19H,2-3,6,10-11,14-16H2,1H3/b9-4+. The Morgan fingerprint density at radius 3 is 2.52 bits per heavy atom. The molecule has 1 aliphatic rings. The van der Waals surface area contributed by atoms with E-state index in [1.165, 1.54) is 19.3 Å². The molecule has 1 aromatic carbocycles. The van der Waals surface area contributed by atoms with Crippen LogP contribution in [0.2, 0.25) is 0 Å². The summed E-state index contributed by atoms with van der Waals surface area (Å²) in [5.74, 6) is 0.329. The fourth-order valence-electron chi connectivity index (χ4n) is 3.01. The van der Waals surface area contributed by atoms with Crippen LogP contribution in [0.25, 0.3) is 0 Å². The van der Waals surface area contributed by atoms with Crippen LogP contribution >= 0.6 is 0 Å². The van der Waals surface area contributed by atoms with Gasteiger partial charge in [-0.2, -0.15) is 0 Å². The van der Waals surface area contributed by atoms with Gasteiger partial charge in [0.05, 0.1) is 6.04 Å². The predicted molar refractivity (Wildman–Crippen MR) is 88.3 cm³/mol. The molecule has 1 unspecified atom stereocenters. The molecular weight excluding hydrogens is 258 g/mol. The number of unbranched alkanes of at least 4 members (excludes halogenated alkanes) is 1. The van der Waals surface area contributed by atoms with Crippen molar-refractivity contribution in [3.8, 4) is 0 Å². The van der Waals surface area contributed by atoms with Gasteiger partial charge in [0.1, 0.15) is 0 Å². The minimum Gasteiger partial charge on any atom is -0.297 e. The first kappa shape index (κ1) is 16.0. The van der Waals surface area contributed by atoms with Crippen molar-refractivity contribution >= 4 is 5.78 Å². The molecule has 114 valence electrons. The lowest BCUT2D eigenvalue weighted by Gasteiger charge is -2.33. The minimum absolute atomic E-state index is 0.0576. The average molecular weight is 285 g/mol. The molecule has 0 N–H and O–H groups in total. The maximum atomic E-state index is 12.7. The summed E-state index contributed by atoms with van der Waals surface area (Å²) in [6.45, 7) is 4.25. The van der Waals surface area contributed by atoms with Gasteiger partial charge in [-0.05, 0) is 37.9 Å². The van der Waals surface area contributed by atoms with E-state index >= 15 is 0 Å². The maximum absolute atomic E-state index is 12.7. The van der Waals surface area contributed by atoms with Gasteiger partial charge in [0.15, 0.2) is 5.78 Å². The second kappa shape index (κ2) is 8.78. The quantitative estimate of drug-likeness (QED) is 0.686. The van der Waals surface area contributed by atoms with Gasteiger partial charge in [0.25, 0.3) is 0 Å². The van der Waals surface area contributed by atoms with Crippen LogP contribution in [0.1, 0.15) is 57.1 Å². The van der Waals surface area contributed by atoms with E-state index in [-0.39, 0.29) is 6.04 Å². The fraction of sp³-hybridized carbons (Fsp3) is 0.526. The summed E-state index contributed by atoms with van der Waals surface area (Å²) in [6, 6.07) is 10.2. The zero-order chi connectivity index (χ0) is 14.9. The van der Waals surface area contributed by atoms with Crippen molar-refractivity contribution in [3.63, 3.8) is 0 Å². The van der Waals surface area contributed by atoms with Crippen LogP contribution in [-0.4, -0.2) is 23.8 Å². The van der Waals surface area contributed by atoms with E-state index in [9.17, 15) is 4.79 Å². The molecule has 1 atom stereocenters. The molecule has 0 bridgehead atoms. The first-order valence-electron chi connectivity index (χ1n) is 8.29. The van der Waals surface area contributed by atoms with Gasteiger partial charge in [0, 0.05) is 6.42 Å². The Balaban J connectivity index is 2.09. The number of rotatable bonds is 7. The van der Waals surface area contributed by atoms with Gasteiger partial charge in [-0.15, -0.1) is 0 Å². The van der Waals surface area contributed by atoms with Crippen LogP contribution in [0, 0.1) is 0 Å². The zero-order valence-electron chi connectivity index (χ0n) is 13.1. The van der Waals surface area contributed by atoms with Crippen molar-refractivity contribution < 1.29 is 4.79 Å². The molecule has 0 radical (unpaired) electrons. The Morgan fingerprint density at radius 1 is 1.14 bits per heavy atom. The fourth-order valence-corrected chi connectivity index (χ4v) is 3.01. The Kier molecular flexibility index (Phi) is 6.68. The van der Waals surface area contributed by atoms with Crippen molar-refractivity contribution in [2.24, 2.45) is 0 Å². The largest absolute Gasteiger partial charge is 0.297 e. The number of hydrogen-bond acceptors (Lipinski definition) is 2. The Labute approximate surface area is 128 Å². The zero-order valence-corrected chi connectivity index (χ0v) is 13.1. The molecule has 1 aromatic rings. The van der Waals surface area contributed by atoms with E-state index in [0.29, 0.717) is 12.2 Å². The van der Waals surface area contributed by atoms with Crippen molar-refractivity contribution in [1.82, 2.24) is 4.90 Å². The molecule has 2 nitrogen and oxygen atoms in total. The molecule has 0 aliphatic carbocycles. The Hall–Kier alpha value is -1.41. The van der Waals surface area contributed by atoms with Crippen molar-refractivity contribution in [2.45, 2.75) is 51.5 Å². The minimum atomic E-state index is -0.0576. The summed E-state index contributed by atoms with van der Waals surface area (Å²) in [5.41, 5.74) is 1.15. The molecule has 2 heteroatoms. The van der Waals surface area contributed by atoms with Gasteiger partial charge < -0.3 is 0 Å². The lowest BCUT2D eigenvalue weighted by atomic mass is 9.96. The summed E-state index contributed by atoms with van der Waals surface area (Å²) in [6.07, 6.45) is 10.6. The molecule has 21 heavy (non-hydrogen) atoms. The predicted octanol–water partition coefficient (Wildman–Crippen LogP) is 4.53. The van der Waals surface area contributed by atoms with E-state index in [1.54, 1.807) is 0 Å². The highest BCUT2D eigenvalue weighted by atomic mass is 16.1. The van der Waals surface area contributed by atoms with Gasteiger partial charge >= 0.3 is 0 Å². The van der Waals surface area contributed by atoms with Crippen molar-refractivity contribution in [3.05, 3.63) is 48.0 Å². The maximum Gasteiger partial charge on any atom is 0.158 e. The number of hydrogen-bond donors (Lipinski definition) is 0. The van der Waals surface area contributed by atoms with Gasteiger partial charge in [0.2, 0.25) is 0 Å². The van der Waals surface area contributed by atoms with Crippen LogP contribution in [0.15, 0.2) is 42.5 Å². The highest BCUT2D eigenvalue weighted by Crippen LogP contribution is 2.26. The van der Waals surface area contributed by atoms with Crippen LogP contribution in [0.4, 0.5) is 0 Å². The number of nitrogens with zero attached hydrogens (tertiary/aromatic N) is 1. The van der Waals surface area contributed by atoms with Crippen molar-refractivity contribution in [1.29, 1.82) is 0 Å². The summed E-state index contributed by atoms with van der Waals surface area (Å²) in [5, 5.41) is 0. The number of likely N-dealkylation sites (tertiary alicyclic amines) is 1. The molecule has 1 fully saturated rings. The van der Waals surface area contributed by atoms with Crippen LogP contribution < -0.4 is 0 Å². The molecular formula is C19H27NO. The number of carbonyl (C=O) groups excluding carboxylic acids is 1. The highest BCUT2D eigenvalue weighted by molar-refractivity contribution is 5.86. The van der Waals surface area contributed by atoms with Gasteiger partial charge in [-0.1, -0.05) is 62.2 Å². The average Bonchev–Trinajstić information content (AvgIpc) is 2.54. The smallest absolute Gasteiger partial charge is 0.158 e. The normalized spacial score (nSPS) is 18.0.